The van der Waals surface area contributed by atoms with Crippen LogP contribution in [0.3, 0.4) is 0 Å². The molecule has 3 fully saturated rings. The Balaban J connectivity index is 1.17. The van der Waals surface area contributed by atoms with E-state index >= 15 is 0 Å². The van der Waals surface area contributed by atoms with Crippen LogP contribution >= 0.6 is 0 Å². The fraction of sp³-hybridized carbons (Fsp3) is 0.708. The lowest BCUT2D eigenvalue weighted by molar-refractivity contribution is -0.138. The van der Waals surface area contributed by atoms with Crippen LogP contribution in [-0.2, 0) is 9.53 Å². The minimum atomic E-state index is 0.164. The maximum Gasteiger partial charge on any atom is 0.225 e. The average Bonchev–Trinajstić information content (AvgIpc) is 2.83. The number of piperidine rings is 1. The smallest absolute Gasteiger partial charge is 0.225 e. The molecule has 1 aromatic carbocycles. The van der Waals surface area contributed by atoms with E-state index in [2.05, 4.69) is 34.1 Å². The molecular formula is C24H37N3O3. The molecule has 1 aromatic rings. The molecule has 30 heavy (non-hydrogen) atoms. The molecule has 1 amide bonds. The summed E-state index contributed by atoms with van der Waals surface area (Å²) < 4.78 is 11.3. The topological polar surface area (TPSA) is 45.3 Å². The molecule has 6 nitrogen and oxygen atoms in total. The van der Waals surface area contributed by atoms with Gasteiger partial charge in [0.05, 0.1) is 6.61 Å². The quantitative estimate of drug-likeness (QED) is 0.641. The lowest BCUT2D eigenvalue weighted by Crippen LogP contribution is -2.51. The second-order valence-electron chi connectivity index (χ2n) is 8.80. The molecule has 0 spiro atoms. The summed E-state index contributed by atoms with van der Waals surface area (Å²) in [6, 6.07) is 8.46. The van der Waals surface area contributed by atoms with Crippen LogP contribution in [0.4, 0.5) is 5.69 Å². The van der Waals surface area contributed by atoms with E-state index in [4.69, 9.17) is 9.47 Å². The second-order valence-corrected chi connectivity index (χ2v) is 8.80. The van der Waals surface area contributed by atoms with Gasteiger partial charge in [-0.1, -0.05) is 6.42 Å². The highest BCUT2D eigenvalue weighted by atomic mass is 16.5. The number of ether oxygens (including phenoxy) is 2. The number of hydrogen-bond donors (Lipinski definition) is 0. The van der Waals surface area contributed by atoms with E-state index in [0.29, 0.717) is 5.91 Å². The number of benzene rings is 1. The normalized spacial score (nSPS) is 21.6. The van der Waals surface area contributed by atoms with Crippen LogP contribution in [0.15, 0.2) is 24.3 Å². The van der Waals surface area contributed by atoms with Gasteiger partial charge in [0.15, 0.2) is 0 Å². The summed E-state index contributed by atoms with van der Waals surface area (Å²) in [5.41, 5.74) is 1.22. The maximum atomic E-state index is 12.7. The van der Waals surface area contributed by atoms with Crippen LogP contribution in [-0.4, -0.2) is 81.3 Å². The summed E-state index contributed by atoms with van der Waals surface area (Å²) in [7, 11) is 0. The molecule has 4 rings (SSSR count). The Morgan fingerprint density at radius 3 is 2.33 bits per heavy atom. The largest absolute Gasteiger partial charge is 0.494 e. The van der Waals surface area contributed by atoms with E-state index in [-0.39, 0.29) is 5.92 Å². The summed E-state index contributed by atoms with van der Waals surface area (Å²) in [5, 5.41) is 0. The minimum Gasteiger partial charge on any atom is -0.494 e. The number of likely N-dealkylation sites (tertiary alicyclic amines) is 1. The average molecular weight is 416 g/mol. The lowest BCUT2D eigenvalue weighted by atomic mass is 9.98. The number of carbonyl (C=O) groups is 1. The van der Waals surface area contributed by atoms with Crippen molar-refractivity contribution in [2.45, 2.75) is 38.5 Å². The molecule has 0 radical (unpaired) electrons. The van der Waals surface area contributed by atoms with Gasteiger partial charge in [-0.15, -0.1) is 0 Å². The van der Waals surface area contributed by atoms with Gasteiger partial charge >= 0.3 is 0 Å². The van der Waals surface area contributed by atoms with Crippen molar-refractivity contribution in [2.24, 2.45) is 5.92 Å². The number of hydrogen-bond acceptors (Lipinski definition) is 5. The fourth-order valence-electron chi connectivity index (χ4n) is 4.80. The van der Waals surface area contributed by atoms with Crippen molar-refractivity contribution in [3.63, 3.8) is 0 Å². The highest BCUT2D eigenvalue weighted by Crippen LogP contribution is 2.23. The van der Waals surface area contributed by atoms with Crippen molar-refractivity contribution >= 4 is 11.6 Å². The minimum absolute atomic E-state index is 0.164. The molecule has 0 aliphatic carbocycles. The number of anilines is 1. The van der Waals surface area contributed by atoms with E-state index in [9.17, 15) is 4.79 Å². The molecule has 3 heterocycles. The van der Waals surface area contributed by atoms with Gasteiger partial charge in [-0.25, -0.2) is 0 Å². The second kappa shape index (κ2) is 11.0. The summed E-state index contributed by atoms with van der Waals surface area (Å²) in [4.78, 5) is 19.7. The molecule has 0 unspecified atom stereocenters. The highest BCUT2D eigenvalue weighted by Gasteiger charge is 2.28. The maximum absolute atomic E-state index is 12.7. The molecule has 3 saturated heterocycles. The molecule has 0 saturated carbocycles. The first-order valence-electron chi connectivity index (χ1n) is 11.9. The summed E-state index contributed by atoms with van der Waals surface area (Å²) in [6.07, 6.45) is 6.92. The number of rotatable bonds is 7. The van der Waals surface area contributed by atoms with Crippen molar-refractivity contribution in [2.75, 3.05) is 70.5 Å². The molecule has 0 aromatic heterocycles. The van der Waals surface area contributed by atoms with Crippen molar-refractivity contribution in [3.05, 3.63) is 24.3 Å². The van der Waals surface area contributed by atoms with E-state index in [0.717, 1.165) is 77.6 Å². The van der Waals surface area contributed by atoms with E-state index < -0.39 is 0 Å². The number of piperazine rings is 1. The van der Waals surface area contributed by atoms with Gasteiger partial charge in [0.25, 0.3) is 0 Å². The van der Waals surface area contributed by atoms with Gasteiger partial charge in [-0.05, 0) is 69.5 Å². The highest BCUT2D eigenvalue weighted by molar-refractivity contribution is 5.79. The number of nitrogens with zero attached hydrogens (tertiary/aromatic N) is 3. The van der Waals surface area contributed by atoms with E-state index in [1.807, 2.05) is 4.90 Å². The lowest BCUT2D eigenvalue weighted by Gasteiger charge is -2.38. The van der Waals surface area contributed by atoms with Gasteiger partial charge in [0, 0.05) is 57.5 Å². The summed E-state index contributed by atoms with van der Waals surface area (Å²) in [5.74, 6) is 1.44. The van der Waals surface area contributed by atoms with Gasteiger partial charge < -0.3 is 24.2 Å². The molecule has 3 aliphatic heterocycles. The molecule has 6 heteroatoms. The Kier molecular flexibility index (Phi) is 7.87. The fourth-order valence-corrected chi connectivity index (χ4v) is 4.80. The molecule has 166 valence electrons. The van der Waals surface area contributed by atoms with E-state index in [1.54, 1.807) is 0 Å². The number of amides is 1. The summed E-state index contributed by atoms with van der Waals surface area (Å²) in [6.45, 7) is 9.29. The van der Waals surface area contributed by atoms with Crippen LogP contribution in [0.2, 0.25) is 0 Å². The number of carbonyl (C=O) groups excluding carboxylic acids is 1. The van der Waals surface area contributed by atoms with E-state index in [1.165, 1.54) is 38.0 Å². The molecule has 0 bridgehead atoms. The van der Waals surface area contributed by atoms with Gasteiger partial charge in [-0.3, -0.25) is 4.79 Å². The first-order chi connectivity index (χ1) is 14.8. The van der Waals surface area contributed by atoms with Crippen molar-refractivity contribution < 1.29 is 14.3 Å². The first-order valence-corrected chi connectivity index (χ1v) is 11.9. The Labute approximate surface area is 181 Å². The van der Waals surface area contributed by atoms with Crippen molar-refractivity contribution in [1.29, 1.82) is 0 Å². The van der Waals surface area contributed by atoms with Gasteiger partial charge in [0.2, 0.25) is 5.91 Å². The van der Waals surface area contributed by atoms with Crippen molar-refractivity contribution in [3.8, 4) is 5.75 Å². The van der Waals surface area contributed by atoms with Crippen LogP contribution in [0.1, 0.15) is 38.5 Å². The van der Waals surface area contributed by atoms with Crippen LogP contribution in [0.5, 0.6) is 5.75 Å². The Bertz CT molecular complexity index is 646. The Morgan fingerprint density at radius 1 is 0.933 bits per heavy atom. The standard InChI is InChI=1S/C24H37N3O3/c28-24(21-9-19-29-20-10-21)27-16-14-26(15-17-27)22-5-7-23(8-6-22)30-18-4-13-25-11-2-1-3-12-25/h5-8,21H,1-4,9-20H2. The molecular weight excluding hydrogens is 378 g/mol. The first kappa shape index (κ1) is 21.4. The van der Waals surface area contributed by atoms with Crippen molar-refractivity contribution in [1.82, 2.24) is 9.80 Å². The van der Waals surface area contributed by atoms with Crippen LogP contribution < -0.4 is 9.64 Å². The predicted octanol–water partition coefficient (Wildman–Crippen LogP) is 3.02. The zero-order chi connectivity index (χ0) is 20.6. The van der Waals surface area contributed by atoms with Gasteiger partial charge in [0.1, 0.15) is 5.75 Å². The monoisotopic (exact) mass is 415 g/mol. The molecule has 0 atom stereocenters. The summed E-state index contributed by atoms with van der Waals surface area (Å²) >= 11 is 0. The zero-order valence-electron chi connectivity index (χ0n) is 18.3. The third kappa shape index (κ3) is 5.88. The third-order valence-corrected chi connectivity index (χ3v) is 6.70. The van der Waals surface area contributed by atoms with Gasteiger partial charge in [-0.2, -0.15) is 0 Å². The Morgan fingerprint density at radius 2 is 1.63 bits per heavy atom. The van der Waals surface area contributed by atoms with Crippen LogP contribution in [0, 0.1) is 5.92 Å². The zero-order valence-corrected chi connectivity index (χ0v) is 18.3. The third-order valence-electron chi connectivity index (χ3n) is 6.70. The molecule has 0 N–H and O–H groups in total. The van der Waals surface area contributed by atoms with Crippen LogP contribution in [0.25, 0.3) is 0 Å². The molecule has 3 aliphatic rings. The predicted molar refractivity (Wildman–Crippen MR) is 119 cm³/mol. The Hall–Kier alpha value is -1.79. The SMILES string of the molecule is O=C(C1CCOCC1)N1CCN(c2ccc(OCCCN3CCCCC3)cc2)CC1.